The monoisotopic (exact) mass is 835 g/mol. The maximum atomic E-state index is 15.4. The molecule has 0 radical (unpaired) electrons. The van der Waals surface area contributed by atoms with Crippen LogP contribution in [0.2, 0.25) is 0 Å². The Morgan fingerprint density at radius 3 is 2.43 bits per heavy atom. The molecule has 1 aliphatic carbocycles. The average Bonchev–Trinajstić information content (AvgIpc) is 3.92. The fourth-order valence-corrected chi connectivity index (χ4v) is 13.7. The number of benzene rings is 2. The lowest BCUT2D eigenvalue weighted by molar-refractivity contribution is -0.235. The Morgan fingerprint density at radius 1 is 0.984 bits per heavy atom. The summed E-state index contributed by atoms with van der Waals surface area (Å²) >= 11 is 0. The number of nitrogens with one attached hydrogen (secondary N) is 1. The summed E-state index contributed by atoms with van der Waals surface area (Å²) in [4.78, 5) is 53.0. The normalized spacial score (nSPS) is 35.7. The molecule has 14 nitrogen and oxygen atoms in total. The standard InChI is InChI=1S/C47H57N5O9/c1-8-43(56)22-29-23-46(41(54)59-6,37-30(13-17-51(25-29)26-43)31-19-28(24-48)11-12-34(31)49-37)33-20-32-35(21-36(33)58-5)50(4)39-45(32)15-18-52-16-10-14-44(9-2,38(45)52)40(61-27(3)53)47(39,57)42(55)60-7/h10-12,16,19-21,29,38-40,49,56-57H,8-9,13-15,17-18,22-23,25-26H2,1-7H3/t29-,38+,39-,40-,43+,44-,45-,46+,47+/m1/s1. The van der Waals surface area contributed by atoms with Crippen LogP contribution >= 0.6 is 0 Å². The van der Waals surface area contributed by atoms with Crippen molar-refractivity contribution in [3.8, 4) is 11.8 Å². The molecule has 14 heteroatoms. The number of carbonyl (C=O) groups is 3. The zero-order valence-electron chi connectivity index (χ0n) is 36.2. The SMILES string of the molecule is CC[C@]1(O)C[C@H]2CN(CCc3c([nH]c4ccc(C#N)cc34)[C@@](C(=O)OC)(c3cc4c(cc3OC)N(C)[C@H]3[C@@](O)(C(=O)OC)[C@H](OC(C)=O)[C@]5(CC)CC=CN6CC[C@]43[C@@H]65)C2)C1. The zero-order valence-corrected chi connectivity index (χ0v) is 36.2. The predicted octanol–water partition coefficient (Wildman–Crippen LogP) is 4.21. The van der Waals surface area contributed by atoms with Gasteiger partial charge in [0.15, 0.2) is 6.10 Å². The van der Waals surface area contributed by atoms with Crippen LogP contribution in [0, 0.1) is 22.7 Å². The molecule has 2 saturated heterocycles. The number of fused-ring (bicyclic) bond motifs is 6. The third-order valence-electron chi connectivity index (χ3n) is 15.9. The number of H-pyrrole nitrogens is 1. The summed E-state index contributed by atoms with van der Waals surface area (Å²) in [5.74, 6) is -1.75. The first-order valence-corrected chi connectivity index (χ1v) is 21.6. The number of likely N-dealkylation sites (N-methyl/N-ethyl adjacent to an activating group) is 1. The average molecular weight is 836 g/mol. The molecule has 1 spiro atoms. The fourth-order valence-electron chi connectivity index (χ4n) is 13.7. The Morgan fingerprint density at radius 2 is 1.75 bits per heavy atom. The zero-order chi connectivity index (χ0) is 43.4. The number of aliphatic hydroxyl groups is 2. The van der Waals surface area contributed by atoms with Crippen molar-refractivity contribution in [2.45, 2.75) is 106 Å². The van der Waals surface area contributed by atoms with Crippen LogP contribution in [0.3, 0.4) is 0 Å². The molecule has 0 amide bonds. The van der Waals surface area contributed by atoms with Crippen molar-refractivity contribution < 1.29 is 43.5 Å². The van der Waals surface area contributed by atoms with Gasteiger partial charge in [-0.05, 0) is 92.5 Å². The second kappa shape index (κ2) is 14.2. The van der Waals surface area contributed by atoms with E-state index in [1.807, 2.05) is 50.1 Å². The third kappa shape index (κ3) is 5.39. The lowest BCUT2D eigenvalue weighted by Gasteiger charge is -2.64. The molecule has 3 N–H and O–H groups in total. The smallest absolute Gasteiger partial charge is 0.344 e. The lowest BCUT2D eigenvalue weighted by atomic mass is 9.47. The highest BCUT2D eigenvalue weighted by Crippen LogP contribution is 2.69. The minimum Gasteiger partial charge on any atom is -0.496 e. The number of methoxy groups -OCH3 is 3. The van der Waals surface area contributed by atoms with Crippen LogP contribution in [0.15, 0.2) is 42.6 Å². The van der Waals surface area contributed by atoms with Gasteiger partial charge in [0, 0.05) is 90.9 Å². The van der Waals surface area contributed by atoms with E-state index >= 15 is 4.79 Å². The van der Waals surface area contributed by atoms with Crippen LogP contribution in [-0.4, -0.2) is 127 Å². The summed E-state index contributed by atoms with van der Waals surface area (Å²) < 4.78 is 23.9. The first-order chi connectivity index (χ1) is 29.2. The van der Waals surface area contributed by atoms with E-state index in [4.69, 9.17) is 18.9 Å². The molecule has 2 aromatic carbocycles. The third-order valence-corrected chi connectivity index (χ3v) is 15.9. The molecule has 61 heavy (non-hydrogen) atoms. The minimum absolute atomic E-state index is 0.154. The van der Waals surface area contributed by atoms with Gasteiger partial charge in [-0.1, -0.05) is 19.9 Å². The molecular weight excluding hydrogens is 779 g/mol. The van der Waals surface area contributed by atoms with E-state index in [2.05, 4.69) is 33.1 Å². The van der Waals surface area contributed by atoms with Gasteiger partial charge in [-0.3, -0.25) is 14.5 Å². The minimum atomic E-state index is -2.31. The van der Waals surface area contributed by atoms with Crippen molar-refractivity contribution in [2.24, 2.45) is 11.3 Å². The van der Waals surface area contributed by atoms with E-state index < -0.39 is 57.5 Å². The van der Waals surface area contributed by atoms with E-state index in [1.54, 1.807) is 13.2 Å². The summed E-state index contributed by atoms with van der Waals surface area (Å²) in [5, 5.41) is 36.2. The van der Waals surface area contributed by atoms with Gasteiger partial charge in [0.25, 0.3) is 0 Å². The van der Waals surface area contributed by atoms with E-state index in [9.17, 15) is 25.1 Å². The quantitative estimate of drug-likeness (QED) is 0.228. The number of esters is 3. The number of piperidine rings is 1. The molecule has 3 fully saturated rings. The maximum Gasteiger partial charge on any atom is 0.344 e. The van der Waals surface area contributed by atoms with Crippen molar-refractivity contribution in [3.63, 3.8) is 0 Å². The summed E-state index contributed by atoms with van der Waals surface area (Å²) in [6.45, 7) is 7.70. The molecule has 1 unspecified atom stereocenters. The van der Waals surface area contributed by atoms with E-state index in [0.717, 1.165) is 22.0 Å². The summed E-state index contributed by atoms with van der Waals surface area (Å²) in [5.41, 5.74) is -1.75. The van der Waals surface area contributed by atoms with Crippen molar-refractivity contribution in [1.82, 2.24) is 14.8 Å². The van der Waals surface area contributed by atoms with Crippen molar-refractivity contribution in [2.75, 3.05) is 59.5 Å². The highest BCUT2D eigenvalue weighted by atomic mass is 16.6. The Kier molecular flexibility index (Phi) is 9.62. The first kappa shape index (κ1) is 41.3. The van der Waals surface area contributed by atoms with Gasteiger partial charge in [-0.25, -0.2) is 4.79 Å². The summed E-state index contributed by atoms with van der Waals surface area (Å²) in [6.07, 6.45) is 6.13. The lowest BCUT2D eigenvalue weighted by Crippen LogP contribution is -2.81. The number of hydrogen-bond acceptors (Lipinski definition) is 13. The van der Waals surface area contributed by atoms with Gasteiger partial charge in [-0.2, -0.15) is 5.26 Å². The summed E-state index contributed by atoms with van der Waals surface area (Å²) in [7, 11) is 6.06. The van der Waals surface area contributed by atoms with Crippen LogP contribution in [0.25, 0.3) is 10.9 Å². The molecule has 2 bridgehead atoms. The number of allylic oxidation sites excluding steroid dienone is 1. The highest BCUT2D eigenvalue weighted by molar-refractivity contribution is 5.95. The van der Waals surface area contributed by atoms with Crippen LogP contribution in [0.4, 0.5) is 5.69 Å². The molecule has 9 rings (SSSR count). The number of hydrogen-bond donors (Lipinski definition) is 3. The Labute approximate surface area is 356 Å². The Bertz CT molecular complexity index is 2410. The van der Waals surface area contributed by atoms with Crippen molar-refractivity contribution >= 4 is 34.5 Å². The molecular formula is C47H57N5O9. The van der Waals surface area contributed by atoms with Gasteiger partial charge >= 0.3 is 17.9 Å². The number of nitriles is 1. The maximum absolute atomic E-state index is 15.4. The topological polar surface area (TPSA) is 178 Å². The number of anilines is 1. The molecule has 324 valence electrons. The molecule has 10 atom stereocenters. The summed E-state index contributed by atoms with van der Waals surface area (Å²) in [6, 6.07) is 10.5. The van der Waals surface area contributed by atoms with Crippen molar-refractivity contribution in [1.29, 1.82) is 5.26 Å². The van der Waals surface area contributed by atoms with Crippen LogP contribution in [0.1, 0.15) is 87.2 Å². The van der Waals surface area contributed by atoms with Gasteiger partial charge in [-0.15, -0.1) is 0 Å². The molecule has 5 aliphatic heterocycles. The molecule has 3 aromatic rings. The number of aromatic nitrogens is 1. The van der Waals surface area contributed by atoms with Crippen LogP contribution in [-0.2, 0) is 45.8 Å². The largest absolute Gasteiger partial charge is 0.496 e. The number of nitrogens with zero attached hydrogens (tertiary/aromatic N) is 4. The predicted molar refractivity (Wildman–Crippen MR) is 225 cm³/mol. The second-order valence-corrected chi connectivity index (χ2v) is 18.6. The van der Waals surface area contributed by atoms with Gasteiger partial charge < -0.3 is 43.9 Å². The Balaban J connectivity index is 1.37. The van der Waals surface area contributed by atoms with Crippen molar-refractivity contribution in [3.05, 3.63) is 70.6 Å². The van der Waals surface area contributed by atoms with E-state index in [1.165, 1.54) is 21.1 Å². The van der Waals surface area contributed by atoms with Gasteiger partial charge in [0.05, 0.1) is 44.6 Å². The molecule has 1 aromatic heterocycles. The molecule has 6 aliphatic rings. The molecule has 6 heterocycles. The van der Waals surface area contributed by atoms with E-state index in [-0.39, 0.29) is 18.4 Å². The number of carbonyl (C=O) groups excluding carboxylic acids is 3. The van der Waals surface area contributed by atoms with Crippen LogP contribution < -0.4 is 9.64 Å². The van der Waals surface area contributed by atoms with Gasteiger partial charge in [0.1, 0.15) is 11.2 Å². The second-order valence-electron chi connectivity index (χ2n) is 18.6. The first-order valence-electron chi connectivity index (χ1n) is 21.6. The number of ether oxygens (including phenoxy) is 4. The number of rotatable bonds is 7. The fraction of sp³-hybridized carbons (Fsp3) is 0.574. The number of aromatic amines is 1. The highest BCUT2D eigenvalue weighted by Gasteiger charge is 2.80. The van der Waals surface area contributed by atoms with Gasteiger partial charge in [0.2, 0.25) is 5.60 Å². The molecule has 1 saturated carbocycles. The van der Waals surface area contributed by atoms with E-state index in [0.29, 0.717) is 93.0 Å². The Hall–Kier alpha value is -5.10. The van der Waals surface area contributed by atoms with Crippen LogP contribution in [0.5, 0.6) is 5.75 Å².